The van der Waals surface area contributed by atoms with Crippen molar-refractivity contribution in [3.63, 3.8) is 0 Å². The number of carbonyl (C=O) groups excluding carboxylic acids is 1. The van der Waals surface area contributed by atoms with Crippen LogP contribution in [0.15, 0.2) is 42.5 Å². The number of likely N-dealkylation sites (N-methyl/N-ethyl adjacent to an activating group) is 1. The van der Waals surface area contributed by atoms with Gasteiger partial charge in [0.15, 0.2) is 6.61 Å². The lowest BCUT2D eigenvalue weighted by Gasteiger charge is -2.18. The Morgan fingerprint density at radius 2 is 1.88 bits per heavy atom. The van der Waals surface area contributed by atoms with Gasteiger partial charge in [-0.15, -0.1) is 0 Å². The highest BCUT2D eigenvalue weighted by Crippen LogP contribution is 2.23. The van der Waals surface area contributed by atoms with E-state index in [0.29, 0.717) is 17.4 Å². The monoisotopic (exact) mass is 341 g/mol. The molecule has 0 saturated carbocycles. The number of anilines is 1. The van der Waals surface area contributed by atoms with Crippen LogP contribution in [0.1, 0.15) is 41.3 Å². The number of amides is 1. The van der Waals surface area contributed by atoms with Crippen molar-refractivity contribution in [2.75, 3.05) is 18.6 Å². The summed E-state index contributed by atoms with van der Waals surface area (Å²) in [7, 11) is 1.60. The van der Waals surface area contributed by atoms with Gasteiger partial charge in [0.2, 0.25) is 0 Å². The van der Waals surface area contributed by atoms with E-state index in [-0.39, 0.29) is 18.1 Å². The summed E-state index contributed by atoms with van der Waals surface area (Å²) in [5.74, 6) is -0.209. The van der Waals surface area contributed by atoms with E-state index in [0.717, 1.165) is 5.56 Å². The summed E-state index contributed by atoms with van der Waals surface area (Å²) in [4.78, 5) is 24.7. The average molecular weight is 341 g/mol. The highest BCUT2D eigenvalue weighted by atomic mass is 16.5. The normalized spacial score (nSPS) is 10.6. The molecule has 5 heteroatoms. The van der Waals surface area contributed by atoms with E-state index < -0.39 is 5.97 Å². The molecule has 0 heterocycles. The number of carboxylic acids is 1. The van der Waals surface area contributed by atoms with Crippen LogP contribution in [0, 0.1) is 6.92 Å². The maximum atomic E-state index is 12.3. The fourth-order valence-corrected chi connectivity index (χ4v) is 2.62. The van der Waals surface area contributed by atoms with Gasteiger partial charge in [-0.25, -0.2) is 4.79 Å². The summed E-state index contributed by atoms with van der Waals surface area (Å²) >= 11 is 0. The number of ether oxygens (including phenoxy) is 1. The highest BCUT2D eigenvalue weighted by molar-refractivity contribution is 5.96. The molecule has 0 aliphatic carbocycles. The zero-order chi connectivity index (χ0) is 18.6. The smallest absolute Gasteiger partial charge is 0.335 e. The predicted octanol–water partition coefficient (Wildman–Crippen LogP) is 3.86. The predicted molar refractivity (Wildman–Crippen MR) is 97.6 cm³/mol. The fourth-order valence-electron chi connectivity index (χ4n) is 2.62. The van der Waals surface area contributed by atoms with Crippen LogP contribution in [-0.4, -0.2) is 30.6 Å². The molecule has 1 amide bonds. The van der Waals surface area contributed by atoms with Gasteiger partial charge in [-0.2, -0.15) is 0 Å². The Kier molecular flexibility index (Phi) is 5.80. The number of aromatic carboxylic acids is 1. The second-order valence-electron chi connectivity index (χ2n) is 6.27. The lowest BCUT2D eigenvalue weighted by Crippen LogP contribution is -2.31. The van der Waals surface area contributed by atoms with Gasteiger partial charge in [-0.3, -0.25) is 4.79 Å². The van der Waals surface area contributed by atoms with Crippen LogP contribution in [0.25, 0.3) is 0 Å². The van der Waals surface area contributed by atoms with Gasteiger partial charge >= 0.3 is 5.97 Å². The third kappa shape index (κ3) is 4.59. The number of aryl methyl sites for hydroxylation is 1. The SMILES string of the molecule is Cc1cc(OCC(=O)N(C)c2cccc(C(=O)O)c2)ccc1C(C)C. The third-order valence-corrected chi connectivity index (χ3v) is 4.08. The molecule has 25 heavy (non-hydrogen) atoms. The first-order valence-electron chi connectivity index (χ1n) is 8.13. The van der Waals surface area contributed by atoms with Gasteiger partial charge in [0.25, 0.3) is 5.91 Å². The van der Waals surface area contributed by atoms with Crippen LogP contribution in [0.4, 0.5) is 5.69 Å². The summed E-state index contributed by atoms with van der Waals surface area (Å²) in [5, 5.41) is 9.04. The number of hydrogen-bond donors (Lipinski definition) is 1. The quantitative estimate of drug-likeness (QED) is 0.866. The molecule has 0 spiro atoms. The molecule has 0 radical (unpaired) electrons. The molecule has 0 aromatic heterocycles. The van der Waals surface area contributed by atoms with Crippen LogP contribution in [0.3, 0.4) is 0 Å². The van der Waals surface area contributed by atoms with Crippen molar-refractivity contribution in [1.82, 2.24) is 0 Å². The first kappa shape index (κ1) is 18.5. The Labute approximate surface area is 147 Å². The number of rotatable bonds is 6. The topological polar surface area (TPSA) is 66.8 Å². The van der Waals surface area contributed by atoms with Gasteiger partial charge in [-0.05, 0) is 54.3 Å². The van der Waals surface area contributed by atoms with E-state index in [1.165, 1.54) is 22.6 Å². The number of carbonyl (C=O) groups is 2. The van der Waals surface area contributed by atoms with Crippen LogP contribution in [0.2, 0.25) is 0 Å². The lowest BCUT2D eigenvalue weighted by molar-refractivity contribution is -0.120. The zero-order valence-electron chi connectivity index (χ0n) is 14.9. The fraction of sp³-hybridized carbons (Fsp3) is 0.300. The van der Waals surface area contributed by atoms with E-state index in [2.05, 4.69) is 13.8 Å². The van der Waals surface area contributed by atoms with Crippen LogP contribution in [0.5, 0.6) is 5.75 Å². The van der Waals surface area contributed by atoms with E-state index in [4.69, 9.17) is 9.84 Å². The Morgan fingerprint density at radius 1 is 1.16 bits per heavy atom. The lowest BCUT2D eigenvalue weighted by atomic mass is 9.98. The molecule has 1 N–H and O–H groups in total. The third-order valence-electron chi connectivity index (χ3n) is 4.08. The Bertz CT molecular complexity index is 783. The molecule has 0 fully saturated rings. The van der Waals surface area contributed by atoms with Crippen molar-refractivity contribution in [3.05, 3.63) is 59.2 Å². The Hall–Kier alpha value is -2.82. The number of nitrogens with zero attached hydrogens (tertiary/aromatic N) is 1. The number of carboxylic acid groups (broad SMARTS) is 1. The second-order valence-corrected chi connectivity index (χ2v) is 6.27. The summed E-state index contributed by atoms with van der Waals surface area (Å²) in [6.07, 6.45) is 0. The largest absolute Gasteiger partial charge is 0.484 e. The minimum atomic E-state index is -1.03. The van der Waals surface area contributed by atoms with E-state index in [1.807, 2.05) is 25.1 Å². The van der Waals surface area contributed by atoms with Gasteiger partial charge in [-0.1, -0.05) is 26.0 Å². The molecule has 0 atom stereocenters. The van der Waals surface area contributed by atoms with Crippen molar-refractivity contribution in [1.29, 1.82) is 0 Å². The molecule has 2 aromatic rings. The Balaban J connectivity index is 2.03. The summed E-state index contributed by atoms with van der Waals surface area (Å²) in [6, 6.07) is 12.0. The molecule has 132 valence electrons. The molecule has 0 aliphatic rings. The van der Waals surface area contributed by atoms with Gasteiger partial charge < -0.3 is 14.7 Å². The van der Waals surface area contributed by atoms with Gasteiger partial charge in [0.1, 0.15) is 5.75 Å². The second kappa shape index (κ2) is 7.83. The highest BCUT2D eigenvalue weighted by Gasteiger charge is 2.14. The molecule has 5 nitrogen and oxygen atoms in total. The molecule has 2 rings (SSSR count). The minimum absolute atomic E-state index is 0.117. The first-order valence-corrected chi connectivity index (χ1v) is 8.13. The minimum Gasteiger partial charge on any atom is -0.484 e. The number of hydrogen-bond acceptors (Lipinski definition) is 3. The summed E-state index contributed by atoms with van der Waals surface area (Å²) in [5.41, 5.74) is 3.03. The van der Waals surface area contributed by atoms with Gasteiger partial charge in [0.05, 0.1) is 5.56 Å². The first-order chi connectivity index (χ1) is 11.8. The van der Waals surface area contributed by atoms with Crippen molar-refractivity contribution in [2.45, 2.75) is 26.7 Å². The molecular formula is C20H23NO4. The van der Waals surface area contributed by atoms with E-state index in [1.54, 1.807) is 19.2 Å². The standard InChI is InChI=1S/C20H23NO4/c1-13(2)18-9-8-17(10-14(18)3)25-12-19(22)21(4)16-7-5-6-15(11-16)20(23)24/h5-11,13H,12H2,1-4H3,(H,23,24). The molecule has 0 unspecified atom stereocenters. The molecule has 0 aliphatic heterocycles. The zero-order valence-corrected chi connectivity index (χ0v) is 14.9. The van der Waals surface area contributed by atoms with Crippen molar-refractivity contribution < 1.29 is 19.4 Å². The van der Waals surface area contributed by atoms with Crippen LogP contribution < -0.4 is 9.64 Å². The molecule has 0 bridgehead atoms. The average Bonchev–Trinajstić information content (AvgIpc) is 2.58. The van der Waals surface area contributed by atoms with Crippen LogP contribution in [-0.2, 0) is 4.79 Å². The molecular weight excluding hydrogens is 318 g/mol. The van der Waals surface area contributed by atoms with Crippen molar-refractivity contribution in [3.8, 4) is 5.75 Å². The van der Waals surface area contributed by atoms with Crippen molar-refractivity contribution in [2.24, 2.45) is 0 Å². The van der Waals surface area contributed by atoms with Gasteiger partial charge in [0, 0.05) is 12.7 Å². The van der Waals surface area contributed by atoms with E-state index in [9.17, 15) is 9.59 Å². The van der Waals surface area contributed by atoms with Crippen molar-refractivity contribution >= 4 is 17.6 Å². The van der Waals surface area contributed by atoms with E-state index >= 15 is 0 Å². The Morgan fingerprint density at radius 3 is 2.48 bits per heavy atom. The number of benzene rings is 2. The molecule has 2 aromatic carbocycles. The maximum Gasteiger partial charge on any atom is 0.335 e. The summed E-state index contributed by atoms with van der Waals surface area (Å²) in [6.45, 7) is 6.17. The van der Waals surface area contributed by atoms with Crippen LogP contribution >= 0.6 is 0 Å². The molecule has 0 saturated heterocycles. The summed E-state index contributed by atoms with van der Waals surface area (Å²) < 4.78 is 5.60. The maximum absolute atomic E-state index is 12.3.